The molecule has 1 rings (SSSR count). The Morgan fingerprint density at radius 3 is 2.45 bits per heavy atom. The molecule has 1 aromatic rings. The van der Waals surface area contributed by atoms with Crippen molar-refractivity contribution in [1.82, 2.24) is 0 Å². The summed E-state index contributed by atoms with van der Waals surface area (Å²) in [6.45, 7) is 6.93. The second-order valence-electron chi connectivity index (χ2n) is 5.75. The van der Waals surface area contributed by atoms with Crippen molar-refractivity contribution in [1.29, 1.82) is 0 Å². The Labute approximate surface area is 120 Å². The molecule has 0 fully saturated rings. The number of esters is 1. The molecule has 0 bridgehead atoms. The van der Waals surface area contributed by atoms with E-state index in [9.17, 15) is 9.59 Å². The number of ketones is 1. The largest absolute Gasteiger partial charge is 0.497 e. The van der Waals surface area contributed by atoms with E-state index in [4.69, 9.17) is 9.47 Å². The minimum Gasteiger partial charge on any atom is -0.497 e. The Morgan fingerprint density at radius 1 is 1.25 bits per heavy atom. The normalized spacial score (nSPS) is 12.7. The van der Waals surface area contributed by atoms with Gasteiger partial charge in [0.15, 0.2) is 5.78 Å². The van der Waals surface area contributed by atoms with Crippen LogP contribution in [0.4, 0.5) is 0 Å². The molecule has 0 radical (unpaired) electrons. The molecule has 110 valence electrons. The molecular formula is C16H22O4. The third-order valence-corrected chi connectivity index (χ3v) is 2.76. The minimum atomic E-state index is -0.763. The molecule has 0 saturated heterocycles. The number of Topliss-reactive ketones (excluding diaryl/α,β-unsaturated/α-hetero) is 1. The van der Waals surface area contributed by atoms with Crippen molar-refractivity contribution in [2.24, 2.45) is 5.92 Å². The summed E-state index contributed by atoms with van der Waals surface area (Å²) in [4.78, 5) is 23.9. The van der Waals surface area contributed by atoms with Crippen molar-refractivity contribution in [3.63, 3.8) is 0 Å². The van der Waals surface area contributed by atoms with E-state index in [-0.39, 0.29) is 12.2 Å². The molecule has 0 aliphatic carbocycles. The number of ether oxygens (including phenoxy) is 2. The Hall–Kier alpha value is -1.84. The van der Waals surface area contributed by atoms with Crippen LogP contribution < -0.4 is 4.74 Å². The number of methoxy groups -OCH3 is 1. The highest BCUT2D eigenvalue weighted by atomic mass is 16.6. The van der Waals surface area contributed by atoms with Gasteiger partial charge in [-0.1, -0.05) is 12.1 Å². The molecule has 0 N–H and O–H groups in total. The summed E-state index contributed by atoms with van der Waals surface area (Å²) >= 11 is 0. The molecule has 1 unspecified atom stereocenters. The van der Waals surface area contributed by atoms with Crippen molar-refractivity contribution in [2.45, 2.75) is 39.7 Å². The van der Waals surface area contributed by atoms with Gasteiger partial charge in [0.1, 0.15) is 17.3 Å². The number of rotatable bonds is 5. The van der Waals surface area contributed by atoms with Crippen LogP contribution in [0.15, 0.2) is 24.3 Å². The van der Waals surface area contributed by atoms with E-state index in [0.29, 0.717) is 5.75 Å². The predicted octanol–water partition coefficient (Wildman–Crippen LogP) is 2.78. The monoisotopic (exact) mass is 278 g/mol. The molecule has 0 aromatic heterocycles. The molecule has 0 aliphatic rings. The van der Waals surface area contributed by atoms with Crippen LogP contribution in [-0.2, 0) is 20.7 Å². The lowest BCUT2D eigenvalue weighted by Gasteiger charge is -2.21. The molecule has 1 atom stereocenters. The fourth-order valence-electron chi connectivity index (χ4n) is 1.66. The first-order valence-electron chi connectivity index (χ1n) is 6.61. The number of hydrogen-bond donors (Lipinski definition) is 0. The van der Waals surface area contributed by atoms with Gasteiger partial charge in [-0.3, -0.25) is 9.59 Å². The lowest BCUT2D eigenvalue weighted by Crippen LogP contribution is -2.31. The molecule has 0 spiro atoms. The van der Waals surface area contributed by atoms with E-state index >= 15 is 0 Å². The quantitative estimate of drug-likeness (QED) is 0.614. The van der Waals surface area contributed by atoms with Crippen molar-refractivity contribution in [3.8, 4) is 5.75 Å². The fourth-order valence-corrected chi connectivity index (χ4v) is 1.66. The average Bonchev–Trinajstić information content (AvgIpc) is 2.36. The van der Waals surface area contributed by atoms with Gasteiger partial charge in [0.2, 0.25) is 0 Å². The minimum absolute atomic E-state index is 0.160. The van der Waals surface area contributed by atoms with Crippen molar-refractivity contribution in [3.05, 3.63) is 29.8 Å². The third kappa shape index (κ3) is 5.03. The zero-order valence-electron chi connectivity index (χ0n) is 12.7. The molecule has 0 aliphatic heterocycles. The van der Waals surface area contributed by atoms with E-state index < -0.39 is 17.5 Å². The zero-order chi connectivity index (χ0) is 15.3. The molecule has 20 heavy (non-hydrogen) atoms. The van der Waals surface area contributed by atoms with Gasteiger partial charge in [-0.15, -0.1) is 0 Å². The van der Waals surface area contributed by atoms with Gasteiger partial charge in [-0.2, -0.15) is 0 Å². The maximum absolute atomic E-state index is 12.1. The lowest BCUT2D eigenvalue weighted by atomic mass is 9.99. The van der Waals surface area contributed by atoms with E-state index in [1.807, 2.05) is 18.2 Å². The zero-order valence-corrected chi connectivity index (χ0v) is 12.7. The number of carbonyl (C=O) groups excluding carboxylic acids is 2. The molecule has 1 aromatic carbocycles. The third-order valence-electron chi connectivity index (χ3n) is 2.76. The summed E-state index contributed by atoms with van der Waals surface area (Å²) in [6, 6.07) is 7.26. The smallest absolute Gasteiger partial charge is 0.316 e. The lowest BCUT2D eigenvalue weighted by molar-refractivity contribution is -0.161. The fraction of sp³-hybridized carbons (Fsp3) is 0.500. The average molecular weight is 278 g/mol. The highest BCUT2D eigenvalue weighted by Gasteiger charge is 2.26. The highest BCUT2D eigenvalue weighted by Crippen LogP contribution is 2.16. The first-order valence-corrected chi connectivity index (χ1v) is 6.61. The summed E-state index contributed by atoms with van der Waals surface area (Å²) in [7, 11) is 1.57. The molecule has 0 saturated carbocycles. The van der Waals surface area contributed by atoms with E-state index in [1.165, 1.54) is 0 Å². The van der Waals surface area contributed by atoms with Gasteiger partial charge < -0.3 is 9.47 Å². The van der Waals surface area contributed by atoms with Gasteiger partial charge >= 0.3 is 5.97 Å². The van der Waals surface area contributed by atoms with Crippen molar-refractivity contribution in [2.75, 3.05) is 7.11 Å². The number of benzene rings is 1. The van der Waals surface area contributed by atoms with Gasteiger partial charge in [0.25, 0.3) is 0 Å². The SMILES string of the molecule is COc1cccc(CC(=O)C(C)C(=O)OC(C)(C)C)c1. The summed E-state index contributed by atoms with van der Waals surface area (Å²) in [5, 5.41) is 0. The molecule has 4 nitrogen and oxygen atoms in total. The van der Waals surface area contributed by atoms with Crippen LogP contribution in [0.3, 0.4) is 0 Å². The number of carbonyl (C=O) groups is 2. The van der Waals surface area contributed by atoms with Crippen LogP contribution in [0.1, 0.15) is 33.3 Å². The number of hydrogen-bond acceptors (Lipinski definition) is 4. The van der Waals surface area contributed by atoms with Crippen LogP contribution >= 0.6 is 0 Å². The molecule has 0 heterocycles. The molecule has 0 amide bonds. The topological polar surface area (TPSA) is 52.6 Å². The van der Waals surface area contributed by atoms with Gasteiger partial charge in [-0.25, -0.2) is 0 Å². The Kier molecular flexibility index (Phi) is 5.31. The van der Waals surface area contributed by atoms with Crippen LogP contribution in [0.5, 0.6) is 5.75 Å². The molecule has 4 heteroatoms. The van der Waals surface area contributed by atoms with E-state index in [0.717, 1.165) is 5.56 Å². The Morgan fingerprint density at radius 2 is 1.90 bits per heavy atom. The Bertz CT molecular complexity index is 485. The van der Waals surface area contributed by atoms with E-state index in [2.05, 4.69) is 0 Å². The second-order valence-corrected chi connectivity index (χ2v) is 5.75. The second kappa shape index (κ2) is 6.55. The first kappa shape index (κ1) is 16.2. The van der Waals surface area contributed by atoms with Gasteiger partial charge in [0.05, 0.1) is 7.11 Å². The summed E-state index contributed by atoms with van der Waals surface area (Å²) < 4.78 is 10.3. The first-order chi connectivity index (χ1) is 9.23. The van der Waals surface area contributed by atoms with Gasteiger partial charge in [-0.05, 0) is 45.4 Å². The summed E-state index contributed by atoms with van der Waals surface area (Å²) in [5.41, 5.74) is 0.242. The van der Waals surface area contributed by atoms with Crippen molar-refractivity contribution < 1.29 is 19.1 Å². The maximum Gasteiger partial charge on any atom is 0.316 e. The summed E-state index contributed by atoms with van der Waals surface area (Å²) in [5.74, 6) is -0.710. The standard InChI is InChI=1S/C16H22O4/c1-11(15(18)20-16(2,3)4)14(17)10-12-7-6-8-13(9-12)19-5/h6-9,11H,10H2,1-5H3. The van der Waals surface area contributed by atoms with E-state index in [1.54, 1.807) is 40.9 Å². The van der Waals surface area contributed by atoms with Crippen LogP contribution in [0.25, 0.3) is 0 Å². The van der Waals surface area contributed by atoms with Gasteiger partial charge in [0, 0.05) is 6.42 Å². The highest BCUT2D eigenvalue weighted by molar-refractivity contribution is 5.99. The predicted molar refractivity (Wildman–Crippen MR) is 76.7 cm³/mol. The maximum atomic E-state index is 12.1. The van der Waals surface area contributed by atoms with Crippen LogP contribution in [0.2, 0.25) is 0 Å². The van der Waals surface area contributed by atoms with Crippen LogP contribution in [-0.4, -0.2) is 24.5 Å². The summed E-state index contributed by atoms with van der Waals surface area (Å²) in [6.07, 6.45) is 0.192. The Balaban J connectivity index is 2.68. The molecular weight excluding hydrogens is 256 g/mol. The van der Waals surface area contributed by atoms with Crippen molar-refractivity contribution >= 4 is 11.8 Å². The van der Waals surface area contributed by atoms with Crippen LogP contribution in [0, 0.1) is 5.92 Å².